The summed E-state index contributed by atoms with van der Waals surface area (Å²) in [6, 6.07) is 11.6. The molecule has 0 radical (unpaired) electrons. The fourth-order valence-electron chi connectivity index (χ4n) is 2.19. The van der Waals surface area contributed by atoms with Crippen molar-refractivity contribution in [3.05, 3.63) is 82.0 Å². The van der Waals surface area contributed by atoms with Crippen molar-refractivity contribution in [3.8, 4) is 0 Å². The monoisotopic (exact) mass is 289 g/mol. The van der Waals surface area contributed by atoms with Crippen LogP contribution < -0.4 is 5.56 Å². The van der Waals surface area contributed by atoms with Crippen molar-refractivity contribution in [1.82, 2.24) is 4.98 Å². The first kappa shape index (κ1) is 13.4. The van der Waals surface area contributed by atoms with Crippen molar-refractivity contribution in [1.29, 1.82) is 0 Å². The smallest absolute Gasteiger partial charge is 0.312 e. The standard InChI is InChI=1S/C16H10F3NO/c17-12-7-5-11(6-8-12)16(18,19)14-9-10-3-1-2-4-13(10)15(21)20-14/h1-9H,(H,20,21). The average molecular weight is 289 g/mol. The van der Waals surface area contributed by atoms with E-state index in [2.05, 4.69) is 4.98 Å². The topological polar surface area (TPSA) is 32.9 Å². The molecular formula is C16H10F3NO. The van der Waals surface area contributed by atoms with Crippen molar-refractivity contribution in [2.45, 2.75) is 5.92 Å². The summed E-state index contributed by atoms with van der Waals surface area (Å²) < 4.78 is 41.7. The van der Waals surface area contributed by atoms with Crippen LogP contribution in [0.1, 0.15) is 11.3 Å². The third-order valence-electron chi connectivity index (χ3n) is 3.30. The normalized spacial score (nSPS) is 11.8. The Morgan fingerprint density at radius 3 is 2.33 bits per heavy atom. The first-order valence-electron chi connectivity index (χ1n) is 6.25. The number of fused-ring (bicyclic) bond motifs is 1. The molecule has 0 spiro atoms. The summed E-state index contributed by atoms with van der Waals surface area (Å²) in [7, 11) is 0. The highest BCUT2D eigenvalue weighted by molar-refractivity contribution is 5.81. The van der Waals surface area contributed by atoms with Crippen LogP contribution in [-0.2, 0) is 5.92 Å². The zero-order valence-corrected chi connectivity index (χ0v) is 10.7. The number of hydrogen-bond acceptors (Lipinski definition) is 1. The van der Waals surface area contributed by atoms with E-state index in [1.165, 1.54) is 6.07 Å². The molecule has 5 heteroatoms. The summed E-state index contributed by atoms with van der Waals surface area (Å²) in [5.41, 5.74) is -1.47. The van der Waals surface area contributed by atoms with E-state index < -0.39 is 23.0 Å². The maximum atomic E-state index is 14.4. The van der Waals surface area contributed by atoms with Gasteiger partial charge < -0.3 is 4.98 Å². The van der Waals surface area contributed by atoms with Crippen LogP contribution >= 0.6 is 0 Å². The molecular weight excluding hydrogens is 279 g/mol. The molecule has 106 valence electrons. The van der Waals surface area contributed by atoms with Crippen molar-refractivity contribution in [2.75, 3.05) is 0 Å². The van der Waals surface area contributed by atoms with Gasteiger partial charge >= 0.3 is 5.92 Å². The van der Waals surface area contributed by atoms with Gasteiger partial charge in [-0.25, -0.2) is 4.39 Å². The molecule has 0 saturated carbocycles. The maximum absolute atomic E-state index is 14.4. The molecule has 2 aromatic carbocycles. The number of nitrogens with one attached hydrogen (secondary N) is 1. The number of H-pyrrole nitrogens is 1. The molecule has 0 atom stereocenters. The van der Waals surface area contributed by atoms with Crippen LogP contribution in [0.25, 0.3) is 10.8 Å². The van der Waals surface area contributed by atoms with Crippen LogP contribution in [0.4, 0.5) is 13.2 Å². The van der Waals surface area contributed by atoms with Crippen LogP contribution in [-0.4, -0.2) is 4.98 Å². The highest BCUT2D eigenvalue weighted by Crippen LogP contribution is 2.34. The molecule has 3 aromatic rings. The van der Waals surface area contributed by atoms with Gasteiger partial charge in [-0.3, -0.25) is 4.79 Å². The number of rotatable bonds is 2. The molecule has 1 aromatic heterocycles. The van der Waals surface area contributed by atoms with Crippen molar-refractivity contribution in [2.24, 2.45) is 0 Å². The predicted molar refractivity (Wildman–Crippen MR) is 74.0 cm³/mol. The fourth-order valence-corrected chi connectivity index (χ4v) is 2.19. The van der Waals surface area contributed by atoms with E-state index in [1.807, 2.05) is 0 Å². The first-order chi connectivity index (χ1) is 9.98. The van der Waals surface area contributed by atoms with E-state index in [-0.39, 0.29) is 5.56 Å². The van der Waals surface area contributed by atoms with Crippen LogP contribution in [0.2, 0.25) is 0 Å². The number of alkyl halides is 2. The molecule has 0 bridgehead atoms. The second kappa shape index (κ2) is 4.77. The lowest BCUT2D eigenvalue weighted by Crippen LogP contribution is -2.21. The van der Waals surface area contributed by atoms with Crippen LogP contribution in [0.15, 0.2) is 59.4 Å². The molecule has 1 N–H and O–H groups in total. The lowest BCUT2D eigenvalue weighted by atomic mass is 10.0. The number of benzene rings is 2. The second-order valence-electron chi connectivity index (χ2n) is 4.68. The van der Waals surface area contributed by atoms with E-state index >= 15 is 0 Å². The third kappa shape index (κ3) is 2.31. The Labute approximate surface area is 117 Å². The highest BCUT2D eigenvalue weighted by atomic mass is 19.3. The van der Waals surface area contributed by atoms with E-state index in [4.69, 9.17) is 0 Å². The van der Waals surface area contributed by atoms with E-state index in [1.54, 1.807) is 24.3 Å². The first-order valence-corrected chi connectivity index (χ1v) is 6.25. The Morgan fingerprint density at radius 2 is 1.62 bits per heavy atom. The van der Waals surface area contributed by atoms with Crippen molar-refractivity contribution < 1.29 is 13.2 Å². The Kier molecular flexibility index (Phi) is 3.05. The van der Waals surface area contributed by atoms with Gasteiger partial charge in [0.2, 0.25) is 0 Å². The predicted octanol–water partition coefficient (Wildman–Crippen LogP) is 3.81. The summed E-state index contributed by atoms with van der Waals surface area (Å²) in [6.07, 6.45) is 0. The van der Waals surface area contributed by atoms with Crippen LogP contribution in [0.3, 0.4) is 0 Å². The zero-order valence-electron chi connectivity index (χ0n) is 10.7. The lowest BCUT2D eigenvalue weighted by molar-refractivity contribution is 0.0379. The minimum atomic E-state index is -3.41. The van der Waals surface area contributed by atoms with Gasteiger partial charge in [0.25, 0.3) is 5.56 Å². The maximum Gasteiger partial charge on any atom is 0.312 e. The van der Waals surface area contributed by atoms with Gasteiger partial charge in [0, 0.05) is 10.9 Å². The van der Waals surface area contributed by atoms with Crippen molar-refractivity contribution >= 4 is 10.8 Å². The Bertz CT molecular complexity index is 853. The van der Waals surface area contributed by atoms with Gasteiger partial charge in [0.05, 0.1) is 5.69 Å². The Balaban J connectivity index is 2.18. The zero-order chi connectivity index (χ0) is 15.0. The second-order valence-corrected chi connectivity index (χ2v) is 4.68. The van der Waals surface area contributed by atoms with E-state index in [0.717, 1.165) is 24.3 Å². The fraction of sp³-hybridized carbons (Fsp3) is 0.0625. The molecule has 3 rings (SSSR count). The van der Waals surface area contributed by atoms with Crippen LogP contribution in [0.5, 0.6) is 0 Å². The minimum Gasteiger partial charge on any atom is -0.320 e. The van der Waals surface area contributed by atoms with Gasteiger partial charge in [-0.2, -0.15) is 8.78 Å². The molecule has 0 fully saturated rings. The van der Waals surface area contributed by atoms with Gasteiger partial charge in [0.1, 0.15) is 5.82 Å². The summed E-state index contributed by atoms with van der Waals surface area (Å²) in [4.78, 5) is 14.1. The molecule has 21 heavy (non-hydrogen) atoms. The number of halogens is 3. The molecule has 0 amide bonds. The largest absolute Gasteiger partial charge is 0.320 e. The van der Waals surface area contributed by atoms with E-state index in [0.29, 0.717) is 10.8 Å². The number of aromatic amines is 1. The van der Waals surface area contributed by atoms with Gasteiger partial charge in [-0.1, -0.05) is 18.2 Å². The molecule has 2 nitrogen and oxygen atoms in total. The quantitative estimate of drug-likeness (QED) is 0.764. The average Bonchev–Trinajstić information content (AvgIpc) is 2.47. The summed E-state index contributed by atoms with van der Waals surface area (Å²) in [5, 5.41) is 0.772. The molecule has 0 aliphatic rings. The van der Waals surface area contributed by atoms with Crippen molar-refractivity contribution in [3.63, 3.8) is 0 Å². The molecule has 0 aliphatic carbocycles. The summed E-state index contributed by atoms with van der Waals surface area (Å²) in [5.74, 6) is -4.00. The molecule has 0 unspecified atom stereocenters. The minimum absolute atomic E-state index is 0.344. The third-order valence-corrected chi connectivity index (χ3v) is 3.30. The van der Waals surface area contributed by atoms with E-state index in [9.17, 15) is 18.0 Å². The lowest BCUT2D eigenvalue weighted by Gasteiger charge is -2.17. The van der Waals surface area contributed by atoms with Gasteiger partial charge in [-0.05, 0) is 41.8 Å². The van der Waals surface area contributed by atoms with Gasteiger partial charge in [0.15, 0.2) is 0 Å². The number of pyridine rings is 1. The molecule has 0 saturated heterocycles. The molecule has 1 heterocycles. The van der Waals surface area contributed by atoms with Gasteiger partial charge in [-0.15, -0.1) is 0 Å². The number of hydrogen-bond donors (Lipinski definition) is 1. The summed E-state index contributed by atoms with van der Waals surface area (Å²) in [6.45, 7) is 0. The Morgan fingerprint density at radius 1 is 0.952 bits per heavy atom. The highest BCUT2D eigenvalue weighted by Gasteiger charge is 2.35. The number of aromatic nitrogens is 1. The Hall–Kier alpha value is -2.56. The molecule has 0 aliphatic heterocycles. The van der Waals surface area contributed by atoms with Crippen LogP contribution in [0, 0.1) is 5.82 Å². The summed E-state index contributed by atoms with van der Waals surface area (Å²) >= 11 is 0. The SMILES string of the molecule is O=c1[nH]c(C(F)(F)c2ccc(F)cc2)cc2ccccc12.